The largest absolute Gasteiger partial charge is 0.376 e. The normalized spacial score (nSPS) is 18.3. The molecule has 0 saturated carbocycles. The van der Waals surface area contributed by atoms with E-state index in [4.69, 9.17) is 4.74 Å². The van der Waals surface area contributed by atoms with Crippen LogP contribution in [0.1, 0.15) is 31.4 Å². The molecular formula is C17H23N5O2. The number of aromatic nitrogens is 3. The molecule has 0 aliphatic carbocycles. The molecule has 7 heteroatoms. The topological polar surface area (TPSA) is 72.3 Å². The monoisotopic (exact) mass is 329 g/mol. The van der Waals surface area contributed by atoms with Crippen molar-refractivity contribution in [1.29, 1.82) is 0 Å². The van der Waals surface area contributed by atoms with Gasteiger partial charge in [0.2, 0.25) is 0 Å². The summed E-state index contributed by atoms with van der Waals surface area (Å²) in [5.41, 5.74) is 2.00. The molecule has 1 N–H and O–H groups in total. The van der Waals surface area contributed by atoms with Gasteiger partial charge in [-0.25, -0.2) is 14.5 Å². The third kappa shape index (κ3) is 3.73. The number of nitrogens with zero attached hydrogens (tertiary/aromatic N) is 4. The van der Waals surface area contributed by atoms with Crippen LogP contribution >= 0.6 is 0 Å². The van der Waals surface area contributed by atoms with E-state index in [9.17, 15) is 4.79 Å². The van der Waals surface area contributed by atoms with Crippen LogP contribution in [0.2, 0.25) is 0 Å². The van der Waals surface area contributed by atoms with Crippen LogP contribution in [0.25, 0.3) is 5.69 Å². The molecule has 3 rings (SSSR count). The first kappa shape index (κ1) is 16.4. The number of amides is 2. The molecule has 1 saturated heterocycles. The molecule has 1 aromatic heterocycles. The molecule has 1 fully saturated rings. The highest BCUT2D eigenvalue weighted by Crippen LogP contribution is 2.20. The molecule has 0 bridgehead atoms. The highest BCUT2D eigenvalue weighted by molar-refractivity contribution is 5.74. The van der Waals surface area contributed by atoms with Gasteiger partial charge in [0.25, 0.3) is 0 Å². The predicted octanol–water partition coefficient (Wildman–Crippen LogP) is 2.15. The van der Waals surface area contributed by atoms with Crippen LogP contribution in [0.4, 0.5) is 4.79 Å². The van der Waals surface area contributed by atoms with E-state index in [-0.39, 0.29) is 18.2 Å². The number of carbonyl (C=O) groups excluding carboxylic acids is 1. The van der Waals surface area contributed by atoms with Gasteiger partial charge in [-0.2, -0.15) is 5.10 Å². The van der Waals surface area contributed by atoms with Crippen molar-refractivity contribution >= 4 is 6.03 Å². The van der Waals surface area contributed by atoms with Crippen molar-refractivity contribution in [3.8, 4) is 5.69 Å². The van der Waals surface area contributed by atoms with Crippen molar-refractivity contribution in [1.82, 2.24) is 25.0 Å². The summed E-state index contributed by atoms with van der Waals surface area (Å²) in [4.78, 5) is 18.0. The summed E-state index contributed by atoms with van der Waals surface area (Å²) in [5, 5.41) is 7.05. The molecule has 2 aromatic rings. The maximum Gasteiger partial charge on any atom is 0.317 e. The smallest absolute Gasteiger partial charge is 0.317 e. The summed E-state index contributed by atoms with van der Waals surface area (Å²) in [6.07, 6.45) is 5.40. The fourth-order valence-corrected chi connectivity index (χ4v) is 2.78. The average molecular weight is 329 g/mol. The molecule has 1 aliphatic heterocycles. The van der Waals surface area contributed by atoms with Gasteiger partial charge in [0.1, 0.15) is 12.7 Å². The van der Waals surface area contributed by atoms with Gasteiger partial charge in [-0.1, -0.05) is 12.1 Å². The molecule has 1 aromatic carbocycles. The van der Waals surface area contributed by atoms with Gasteiger partial charge in [0.15, 0.2) is 0 Å². The number of carbonyl (C=O) groups is 1. The van der Waals surface area contributed by atoms with E-state index < -0.39 is 0 Å². The van der Waals surface area contributed by atoms with Gasteiger partial charge in [0.05, 0.1) is 17.8 Å². The van der Waals surface area contributed by atoms with Gasteiger partial charge in [-0.15, -0.1) is 0 Å². The predicted molar refractivity (Wildman–Crippen MR) is 89.9 cm³/mol. The first-order valence-corrected chi connectivity index (χ1v) is 8.22. The molecule has 0 radical (unpaired) electrons. The van der Waals surface area contributed by atoms with Gasteiger partial charge in [-0.3, -0.25) is 0 Å². The number of rotatable bonds is 5. The average Bonchev–Trinajstić information content (AvgIpc) is 3.32. The van der Waals surface area contributed by atoms with Crippen LogP contribution in [-0.2, 0) is 4.74 Å². The quantitative estimate of drug-likeness (QED) is 0.912. The minimum atomic E-state index is -0.0849. The maximum absolute atomic E-state index is 12.3. The van der Waals surface area contributed by atoms with E-state index in [0.717, 1.165) is 30.7 Å². The van der Waals surface area contributed by atoms with Crippen molar-refractivity contribution in [3.05, 3.63) is 42.5 Å². The van der Waals surface area contributed by atoms with Crippen molar-refractivity contribution in [3.63, 3.8) is 0 Å². The summed E-state index contributed by atoms with van der Waals surface area (Å²) < 4.78 is 7.23. The third-order valence-corrected chi connectivity index (χ3v) is 4.47. The Kier molecular flexibility index (Phi) is 5.10. The Bertz CT molecular complexity index is 650. The molecule has 128 valence electrons. The number of nitrogens with one attached hydrogen (secondary N) is 1. The van der Waals surface area contributed by atoms with Crippen LogP contribution in [0.15, 0.2) is 36.9 Å². The third-order valence-electron chi connectivity index (χ3n) is 4.47. The number of urea groups is 1. The lowest BCUT2D eigenvalue weighted by Crippen LogP contribution is -2.41. The zero-order chi connectivity index (χ0) is 16.9. The lowest BCUT2D eigenvalue weighted by atomic mass is 10.1. The summed E-state index contributed by atoms with van der Waals surface area (Å²) in [5.74, 6) is 0. The molecule has 0 spiro atoms. The van der Waals surface area contributed by atoms with Gasteiger partial charge in [-0.05, 0) is 37.5 Å². The Morgan fingerprint density at radius 1 is 1.46 bits per heavy atom. The van der Waals surface area contributed by atoms with E-state index in [1.165, 1.54) is 6.33 Å². The molecule has 2 amide bonds. The first-order chi connectivity index (χ1) is 11.6. The van der Waals surface area contributed by atoms with E-state index in [0.29, 0.717) is 6.54 Å². The second kappa shape index (κ2) is 7.44. The summed E-state index contributed by atoms with van der Waals surface area (Å²) in [7, 11) is 1.81. The first-order valence-electron chi connectivity index (χ1n) is 8.22. The standard InChI is InChI=1S/C17H23N5O2/c1-13(21(2)17(23)19-10-16-4-3-9-24-16)14-5-7-15(8-6-14)22-12-18-11-20-22/h5-8,11-13,16H,3-4,9-10H2,1-2H3,(H,19,23)/t13-,16-/m1/s1. The van der Waals surface area contributed by atoms with Crippen molar-refractivity contribution in [2.45, 2.75) is 31.9 Å². The van der Waals surface area contributed by atoms with E-state index >= 15 is 0 Å². The Labute approximate surface area is 141 Å². The number of benzene rings is 1. The fourth-order valence-electron chi connectivity index (χ4n) is 2.78. The molecular weight excluding hydrogens is 306 g/mol. The Morgan fingerprint density at radius 2 is 2.25 bits per heavy atom. The fraction of sp³-hybridized carbons (Fsp3) is 0.471. The summed E-state index contributed by atoms with van der Waals surface area (Å²) >= 11 is 0. The molecule has 24 heavy (non-hydrogen) atoms. The SMILES string of the molecule is C[C@H](c1ccc(-n2cncn2)cc1)N(C)C(=O)NC[C@H]1CCCO1. The Morgan fingerprint density at radius 3 is 2.88 bits per heavy atom. The molecule has 2 atom stereocenters. The number of ether oxygens (including phenoxy) is 1. The van der Waals surface area contributed by atoms with Crippen LogP contribution in [0.5, 0.6) is 0 Å². The molecule has 2 heterocycles. The van der Waals surface area contributed by atoms with Crippen LogP contribution in [0, 0.1) is 0 Å². The zero-order valence-electron chi connectivity index (χ0n) is 14.1. The van der Waals surface area contributed by atoms with Crippen LogP contribution in [-0.4, -0.2) is 52.0 Å². The Balaban J connectivity index is 1.57. The molecule has 7 nitrogen and oxygen atoms in total. The van der Waals surface area contributed by atoms with Crippen LogP contribution in [0.3, 0.4) is 0 Å². The van der Waals surface area contributed by atoms with Crippen molar-refractivity contribution in [2.75, 3.05) is 20.2 Å². The lowest BCUT2D eigenvalue weighted by molar-refractivity contribution is 0.108. The van der Waals surface area contributed by atoms with Crippen molar-refractivity contribution in [2.24, 2.45) is 0 Å². The molecule has 0 unspecified atom stereocenters. The summed E-state index contributed by atoms with van der Waals surface area (Å²) in [6.45, 7) is 3.38. The minimum Gasteiger partial charge on any atom is -0.376 e. The maximum atomic E-state index is 12.3. The number of hydrogen-bond acceptors (Lipinski definition) is 4. The van der Waals surface area contributed by atoms with Gasteiger partial charge < -0.3 is 15.0 Å². The second-order valence-corrected chi connectivity index (χ2v) is 6.04. The molecule has 1 aliphatic rings. The minimum absolute atomic E-state index is 0.0284. The van der Waals surface area contributed by atoms with Crippen LogP contribution < -0.4 is 5.32 Å². The summed E-state index contributed by atoms with van der Waals surface area (Å²) in [6, 6.07) is 7.84. The van der Waals surface area contributed by atoms with E-state index in [2.05, 4.69) is 15.4 Å². The number of hydrogen-bond donors (Lipinski definition) is 1. The van der Waals surface area contributed by atoms with Crippen molar-refractivity contribution < 1.29 is 9.53 Å². The highest BCUT2D eigenvalue weighted by atomic mass is 16.5. The van der Waals surface area contributed by atoms with Gasteiger partial charge >= 0.3 is 6.03 Å². The van der Waals surface area contributed by atoms with Gasteiger partial charge in [0, 0.05) is 20.2 Å². The Hall–Kier alpha value is -2.41. The second-order valence-electron chi connectivity index (χ2n) is 6.04. The lowest BCUT2D eigenvalue weighted by Gasteiger charge is -2.26. The van der Waals surface area contributed by atoms with E-state index in [1.807, 2.05) is 31.2 Å². The highest BCUT2D eigenvalue weighted by Gasteiger charge is 2.20. The van der Waals surface area contributed by atoms with E-state index in [1.54, 1.807) is 23.0 Å². The zero-order valence-corrected chi connectivity index (χ0v) is 14.1.